The first-order chi connectivity index (χ1) is 30.8. The lowest BCUT2D eigenvalue weighted by Crippen LogP contribution is -2.41. The molecule has 0 aromatic heterocycles. The molecule has 0 bridgehead atoms. The smallest absolute Gasteiger partial charge is 0.323 e. The molecule has 20 heteroatoms. The molecule has 0 radical (unpaired) electrons. The van der Waals surface area contributed by atoms with Crippen LogP contribution in [0, 0.1) is 11.8 Å². The Morgan fingerprint density at radius 1 is 0.477 bits per heavy atom. The van der Waals surface area contributed by atoms with Gasteiger partial charge in [-0.15, -0.1) is 0 Å². The summed E-state index contributed by atoms with van der Waals surface area (Å²) >= 11 is 0. The van der Waals surface area contributed by atoms with Crippen LogP contribution in [0.15, 0.2) is 108 Å². The van der Waals surface area contributed by atoms with Crippen molar-refractivity contribution in [2.75, 3.05) is 47.5 Å². The van der Waals surface area contributed by atoms with Crippen molar-refractivity contribution in [3.63, 3.8) is 0 Å². The maximum absolute atomic E-state index is 14.1. The van der Waals surface area contributed by atoms with E-state index < -0.39 is 66.1 Å². The number of benzene rings is 2. The maximum atomic E-state index is 14.1. The predicted molar refractivity (Wildman–Crippen MR) is 252 cm³/mol. The highest BCUT2D eigenvalue weighted by Crippen LogP contribution is 2.73. The zero-order chi connectivity index (χ0) is 47.6. The number of carbonyl (C=O) groups excluding carboxylic acids is 3. The zero-order valence-electron chi connectivity index (χ0n) is 38.5. The Hall–Kier alpha value is -3.51. The first kappa shape index (κ1) is 52.5. The quantitative estimate of drug-likeness (QED) is 0.0737. The number of nitrogens with zero attached hydrogens (tertiary/aromatic N) is 4. The second kappa shape index (κ2) is 23.0. The van der Waals surface area contributed by atoms with Crippen molar-refractivity contribution in [3.05, 3.63) is 119 Å². The molecule has 2 aromatic carbocycles. The summed E-state index contributed by atoms with van der Waals surface area (Å²) in [6, 6.07) is 16.9. The summed E-state index contributed by atoms with van der Waals surface area (Å²) in [5, 5.41) is 0. The molecule has 4 aliphatic heterocycles. The second-order valence-electron chi connectivity index (χ2n) is 17.1. The molecule has 356 valence electrons. The molecular weight excluding hydrogens is 912 g/mol. The molecule has 0 fully saturated rings. The molecule has 8 unspecified atom stereocenters. The SMILES string of the molecule is COC(=O)C(CC(C)C)N1CC=CP1(=O)OP1(=O)C=CCN1C(CC(C)C)C(=O)OC.COC(=O)C(Cc1ccccc1)N1CC=CP1(=O)OP1(=O)C=CCN1C(C)Cc1ccccc1. The van der Waals surface area contributed by atoms with Crippen LogP contribution in [0.25, 0.3) is 0 Å². The molecule has 65 heavy (non-hydrogen) atoms. The van der Waals surface area contributed by atoms with Gasteiger partial charge in [0.15, 0.2) is 0 Å². The van der Waals surface area contributed by atoms with Gasteiger partial charge in [0, 0.05) is 55.5 Å². The van der Waals surface area contributed by atoms with Crippen LogP contribution >= 0.6 is 30.1 Å². The van der Waals surface area contributed by atoms with Crippen molar-refractivity contribution >= 4 is 48.0 Å². The van der Waals surface area contributed by atoms with Crippen LogP contribution in [0.5, 0.6) is 0 Å². The maximum Gasteiger partial charge on any atom is 0.323 e. The Bertz CT molecular complexity index is 2220. The Labute approximate surface area is 384 Å². The highest BCUT2D eigenvalue weighted by atomic mass is 31.3. The van der Waals surface area contributed by atoms with E-state index in [0.29, 0.717) is 32.2 Å². The predicted octanol–water partition coefficient (Wildman–Crippen LogP) is 9.69. The topological polar surface area (TPSA) is 179 Å². The van der Waals surface area contributed by atoms with Crippen molar-refractivity contribution in [1.82, 2.24) is 18.7 Å². The average Bonchev–Trinajstić information content (AvgIpc) is 4.05. The van der Waals surface area contributed by atoms with Gasteiger partial charge in [-0.1, -0.05) is 113 Å². The van der Waals surface area contributed by atoms with Gasteiger partial charge in [0.05, 0.1) is 21.3 Å². The summed E-state index contributed by atoms with van der Waals surface area (Å²) in [6.45, 7) is 10.9. The fourth-order valence-electron chi connectivity index (χ4n) is 8.19. The molecule has 16 nitrogen and oxygen atoms in total. The molecule has 0 saturated carbocycles. The molecule has 0 saturated heterocycles. The minimum absolute atomic E-state index is 0.101. The van der Waals surface area contributed by atoms with Gasteiger partial charge in [0.25, 0.3) is 0 Å². The monoisotopic (exact) mass is 976 g/mol. The van der Waals surface area contributed by atoms with Crippen LogP contribution in [0.1, 0.15) is 58.6 Å². The van der Waals surface area contributed by atoms with Gasteiger partial charge < -0.3 is 14.2 Å². The Kier molecular flexibility index (Phi) is 18.6. The van der Waals surface area contributed by atoms with E-state index in [1.807, 2.05) is 95.3 Å². The van der Waals surface area contributed by atoms with Gasteiger partial charge in [0.2, 0.25) is 0 Å². The summed E-state index contributed by atoms with van der Waals surface area (Å²) in [4.78, 5) is 37.6. The first-order valence-corrected chi connectivity index (χ1v) is 28.3. The fraction of sp³-hybridized carbons (Fsp3) is 0.489. The van der Waals surface area contributed by atoms with Crippen LogP contribution < -0.4 is 0 Å². The molecule has 8 atom stereocenters. The minimum atomic E-state index is -3.78. The minimum Gasteiger partial charge on any atom is -0.468 e. The van der Waals surface area contributed by atoms with Gasteiger partial charge >= 0.3 is 48.0 Å². The van der Waals surface area contributed by atoms with E-state index >= 15 is 0 Å². The molecule has 4 aliphatic rings. The lowest BCUT2D eigenvalue weighted by atomic mass is 10.0. The van der Waals surface area contributed by atoms with E-state index in [1.54, 1.807) is 29.0 Å². The third-order valence-electron chi connectivity index (χ3n) is 11.3. The van der Waals surface area contributed by atoms with E-state index in [9.17, 15) is 32.6 Å². The van der Waals surface area contributed by atoms with E-state index in [-0.39, 0.29) is 37.5 Å². The molecule has 6 rings (SSSR count). The van der Waals surface area contributed by atoms with Gasteiger partial charge in [-0.25, -0.2) is 27.3 Å². The average molecular weight is 977 g/mol. The standard InChI is InChI=1S/C25H30N2O5P2.C20H34N2O7P2/c1-21(19-22-11-5-3-6-12-22)26-15-9-17-33(26,29)32-34(30)18-10-16-27(34)24(25(28)31-2)20-23-13-7-4-8-14-23;1-15(2)13-17(19(23)27-5)21-9-7-11-30(21,25)29-31(26)12-8-10-22(31)18(14-16(3)4)20(24)28-6/h3-14,17-18,21,24H,15-16,19-20H2,1-2H3;7-8,11-12,15-18H,9-10,13-14H2,1-6H3. The summed E-state index contributed by atoms with van der Waals surface area (Å²) in [6.07, 6.45) is 8.56. The van der Waals surface area contributed by atoms with E-state index in [4.69, 9.17) is 22.8 Å². The molecule has 0 N–H and O–H groups in total. The number of methoxy groups -OCH3 is 3. The second-order valence-corrected chi connectivity index (χ2v) is 26.1. The lowest BCUT2D eigenvalue weighted by Gasteiger charge is -2.36. The summed E-state index contributed by atoms with van der Waals surface area (Å²) < 4.78 is 88.6. The van der Waals surface area contributed by atoms with E-state index in [0.717, 1.165) is 11.1 Å². The molecule has 4 heterocycles. The molecule has 0 amide bonds. The largest absolute Gasteiger partial charge is 0.468 e. The van der Waals surface area contributed by atoms with Crippen molar-refractivity contribution in [2.24, 2.45) is 11.8 Å². The normalized spacial score (nSPS) is 27.4. The van der Waals surface area contributed by atoms with Crippen LogP contribution in [-0.2, 0) is 68.3 Å². The lowest BCUT2D eigenvalue weighted by molar-refractivity contribution is -0.146. The van der Waals surface area contributed by atoms with Crippen LogP contribution in [0.4, 0.5) is 0 Å². The molecule has 0 aliphatic carbocycles. The fourth-order valence-corrected chi connectivity index (χ4v) is 19.0. The number of hydrogen-bond donors (Lipinski definition) is 0. The number of carbonyl (C=O) groups is 3. The molecule has 0 spiro atoms. The van der Waals surface area contributed by atoms with Crippen molar-refractivity contribution < 1.29 is 55.5 Å². The molecule has 2 aromatic rings. The highest BCUT2D eigenvalue weighted by molar-refractivity contribution is 7.73. The third-order valence-corrected chi connectivity index (χ3v) is 22.1. The van der Waals surface area contributed by atoms with Crippen molar-refractivity contribution in [2.45, 2.75) is 84.5 Å². The van der Waals surface area contributed by atoms with E-state index in [1.165, 1.54) is 58.6 Å². The van der Waals surface area contributed by atoms with Gasteiger partial charge in [-0.05, 0) is 55.6 Å². The molecular formula is C45H64N4O12P4. The Balaban J connectivity index is 0.000000245. The zero-order valence-corrected chi connectivity index (χ0v) is 42.1. The van der Waals surface area contributed by atoms with E-state index in [2.05, 4.69) is 0 Å². The third kappa shape index (κ3) is 12.9. The van der Waals surface area contributed by atoms with Gasteiger partial charge in [-0.3, -0.25) is 32.6 Å². The summed E-state index contributed by atoms with van der Waals surface area (Å²) in [5.41, 5.74) is 2.03. The number of rotatable bonds is 19. The highest BCUT2D eigenvalue weighted by Gasteiger charge is 2.51. The van der Waals surface area contributed by atoms with Crippen molar-refractivity contribution in [1.29, 1.82) is 0 Å². The number of ether oxygens (including phenoxy) is 3. The summed E-state index contributed by atoms with van der Waals surface area (Å²) in [7, 11) is -11.0. The summed E-state index contributed by atoms with van der Waals surface area (Å²) in [5.74, 6) is 4.45. The number of hydrogen-bond acceptors (Lipinski definition) is 12. The van der Waals surface area contributed by atoms with Crippen LogP contribution in [0.2, 0.25) is 0 Å². The van der Waals surface area contributed by atoms with Gasteiger partial charge in [0.1, 0.15) is 18.1 Å². The first-order valence-electron chi connectivity index (χ1n) is 21.7. The van der Waals surface area contributed by atoms with Crippen molar-refractivity contribution in [3.8, 4) is 0 Å². The van der Waals surface area contributed by atoms with Crippen LogP contribution in [0.3, 0.4) is 0 Å². The van der Waals surface area contributed by atoms with Gasteiger partial charge in [-0.2, -0.15) is 0 Å². The Morgan fingerprint density at radius 2 is 0.785 bits per heavy atom. The number of esters is 3. The Morgan fingerprint density at radius 3 is 1.14 bits per heavy atom. The van der Waals surface area contributed by atoms with Crippen LogP contribution in [-0.4, -0.2) is 108 Å².